The summed E-state index contributed by atoms with van der Waals surface area (Å²) >= 11 is 6.21. The molecule has 0 saturated heterocycles. The highest BCUT2D eigenvalue weighted by Crippen LogP contribution is 2.26. The zero-order chi connectivity index (χ0) is 15.4. The molecule has 0 unspecified atom stereocenters. The first kappa shape index (κ1) is 17.3. The molecule has 1 aromatic carbocycles. The summed E-state index contributed by atoms with van der Waals surface area (Å²) in [6, 6.07) is 5.80. The predicted molar refractivity (Wildman–Crippen MR) is 84.5 cm³/mol. The molecule has 1 rings (SSSR count). The lowest BCUT2D eigenvalue weighted by molar-refractivity contribution is 0.0553. The lowest BCUT2D eigenvalue weighted by Crippen LogP contribution is -2.35. The fourth-order valence-electron chi connectivity index (χ4n) is 1.55. The molecule has 2 N–H and O–H groups in total. The molecule has 0 radical (unpaired) electrons. The Labute approximate surface area is 127 Å². The quantitative estimate of drug-likeness (QED) is 0.840. The standard InChI is InChI=1S/C16H26ClNO2/c1-15(2,3)18-11-12-6-7-14(13(17)10-12)20-9-8-16(4,5)19/h6-7,10,18-19H,8-9,11H2,1-5H3. The Bertz CT molecular complexity index is 433. The van der Waals surface area contributed by atoms with Gasteiger partial charge in [-0.2, -0.15) is 0 Å². The number of ether oxygens (including phenoxy) is 1. The molecule has 0 aliphatic carbocycles. The lowest BCUT2D eigenvalue weighted by Gasteiger charge is -2.21. The number of nitrogens with one attached hydrogen (secondary N) is 1. The van der Waals surface area contributed by atoms with Crippen LogP contribution in [-0.4, -0.2) is 22.9 Å². The van der Waals surface area contributed by atoms with E-state index in [4.69, 9.17) is 16.3 Å². The number of aliphatic hydroxyl groups is 1. The Morgan fingerprint density at radius 2 is 1.85 bits per heavy atom. The molecule has 0 aliphatic rings. The van der Waals surface area contributed by atoms with Crippen molar-refractivity contribution >= 4 is 11.6 Å². The largest absolute Gasteiger partial charge is 0.492 e. The van der Waals surface area contributed by atoms with E-state index in [0.29, 0.717) is 23.8 Å². The van der Waals surface area contributed by atoms with E-state index in [1.54, 1.807) is 13.8 Å². The second kappa shape index (κ2) is 6.79. The molecule has 0 aliphatic heterocycles. The summed E-state index contributed by atoms with van der Waals surface area (Å²) < 4.78 is 5.60. The topological polar surface area (TPSA) is 41.5 Å². The first-order chi connectivity index (χ1) is 9.07. The van der Waals surface area contributed by atoms with E-state index in [1.165, 1.54) is 0 Å². The smallest absolute Gasteiger partial charge is 0.137 e. The van der Waals surface area contributed by atoms with Crippen LogP contribution in [0.25, 0.3) is 0 Å². The van der Waals surface area contributed by atoms with Crippen molar-refractivity contribution in [2.45, 2.75) is 58.7 Å². The van der Waals surface area contributed by atoms with Crippen molar-refractivity contribution < 1.29 is 9.84 Å². The van der Waals surface area contributed by atoms with Crippen molar-refractivity contribution in [3.05, 3.63) is 28.8 Å². The van der Waals surface area contributed by atoms with E-state index in [0.717, 1.165) is 12.1 Å². The first-order valence-corrected chi connectivity index (χ1v) is 7.33. The van der Waals surface area contributed by atoms with Crippen molar-refractivity contribution in [2.24, 2.45) is 0 Å². The van der Waals surface area contributed by atoms with Crippen molar-refractivity contribution in [2.75, 3.05) is 6.61 Å². The molecular weight excluding hydrogens is 274 g/mol. The van der Waals surface area contributed by atoms with Crippen LogP contribution < -0.4 is 10.1 Å². The maximum Gasteiger partial charge on any atom is 0.137 e. The third kappa shape index (κ3) is 7.13. The van der Waals surface area contributed by atoms with Gasteiger partial charge in [0.1, 0.15) is 5.75 Å². The van der Waals surface area contributed by atoms with Crippen LogP contribution >= 0.6 is 11.6 Å². The van der Waals surface area contributed by atoms with Crippen LogP contribution in [0.1, 0.15) is 46.6 Å². The van der Waals surface area contributed by atoms with Crippen LogP contribution in [0.2, 0.25) is 5.02 Å². The monoisotopic (exact) mass is 299 g/mol. The van der Waals surface area contributed by atoms with Crippen LogP contribution in [0.3, 0.4) is 0 Å². The Balaban J connectivity index is 2.55. The van der Waals surface area contributed by atoms with Crippen LogP contribution in [-0.2, 0) is 6.54 Å². The van der Waals surface area contributed by atoms with Crippen molar-refractivity contribution in [3.63, 3.8) is 0 Å². The highest BCUT2D eigenvalue weighted by molar-refractivity contribution is 6.32. The molecule has 0 saturated carbocycles. The van der Waals surface area contributed by atoms with Gasteiger partial charge in [-0.25, -0.2) is 0 Å². The van der Waals surface area contributed by atoms with Crippen LogP contribution in [0.15, 0.2) is 18.2 Å². The van der Waals surface area contributed by atoms with E-state index in [-0.39, 0.29) is 5.54 Å². The molecule has 20 heavy (non-hydrogen) atoms. The van der Waals surface area contributed by atoms with Crippen molar-refractivity contribution in [1.82, 2.24) is 5.32 Å². The summed E-state index contributed by atoms with van der Waals surface area (Å²) in [5.41, 5.74) is 0.483. The van der Waals surface area contributed by atoms with E-state index in [1.807, 2.05) is 18.2 Å². The molecule has 0 aromatic heterocycles. The number of benzene rings is 1. The molecule has 0 atom stereocenters. The number of hydrogen-bond donors (Lipinski definition) is 2. The molecule has 114 valence electrons. The summed E-state index contributed by atoms with van der Waals surface area (Å²) in [5, 5.41) is 13.7. The minimum Gasteiger partial charge on any atom is -0.492 e. The molecule has 0 fully saturated rings. The maximum absolute atomic E-state index is 9.63. The molecule has 4 heteroatoms. The normalized spacial score (nSPS) is 12.6. The molecule has 3 nitrogen and oxygen atoms in total. The summed E-state index contributed by atoms with van der Waals surface area (Å²) in [4.78, 5) is 0. The van der Waals surface area contributed by atoms with E-state index in [9.17, 15) is 5.11 Å². The zero-order valence-electron chi connectivity index (χ0n) is 13.1. The Morgan fingerprint density at radius 1 is 1.20 bits per heavy atom. The minimum absolute atomic E-state index is 0.0777. The average molecular weight is 300 g/mol. The van der Waals surface area contributed by atoms with Gasteiger partial charge in [0.2, 0.25) is 0 Å². The van der Waals surface area contributed by atoms with E-state index >= 15 is 0 Å². The SMILES string of the molecule is CC(C)(O)CCOc1ccc(CNC(C)(C)C)cc1Cl. The third-order valence-electron chi connectivity index (χ3n) is 2.79. The zero-order valence-corrected chi connectivity index (χ0v) is 13.8. The highest BCUT2D eigenvalue weighted by Gasteiger charge is 2.13. The summed E-state index contributed by atoms with van der Waals surface area (Å²) in [6.07, 6.45) is 0.566. The van der Waals surface area contributed by atoms with Gasteiger partial charge in [0.05, 0.1) is 17.2 Å². The molecule has 0 amide bonds. The average Bonchev–Trinajstić information content (AvgIpc) is 2.26. The number of halogens is 1. The highest BCUT2D eigenvalue weighted by atomic mass is 35.5. The van der Waals surface area contributed by atoms with Gasteiger partial charge in [-0.05, 0) is 52.3 Å². The molecule has 0 heterocycles. The predicted octanol–water partition coefficient (Wildman–Crippen LogP) is 3.77. The van der Waals surface area contributed by atoms with Crippen LogP contribution in [0, 0.1) is 0 Å². The minimum atomic E-state index is -0.719. The van der Waals surface area contributed by atoms with E-state index < -0.39 is 5.60 Å². The fraction of sp³-hybridized carbons (Fsp3) is 0.625. The fourth-order valence-corrected chi connectivity index (χ4v) is 1.81. The molecule has 0 bridgehead atoms. The summed E-state index contributed by atoms with van der Waals surface area (Å²) in [6.45, 7) is 11.1. The second-order valence-electron chi connectivity index (χ2n) is 6.78. The second-order valence-corrected chi connectivity index (χ2v) is 7.19. The van der Waals surface area contributed by atoms with Crippen molar-refractivity contribution in [1.29, 1.82) is 0 Å². The van der Waals surface area contributed by atoms with Gasteiger partial charge in [-0.15, -0.1) is 0 Å². The first-order valence-electron chi connectivity index (χ1n) is 6.95. The third-order valence-corrected chi connectivity index (χ3v) is 3.09. The summed E-state index contributed by atoms with van der Waals surface area (Å²) in [5.74, 6) is 0.662. The van der Waals surface area contributed by atoms with Gasteiger partial charge in [0, 0.05) is 18.5 Å². The van der Waals surface area contributed by atoms with Gasteiger partial charge >= 0.3 is 0 Å². The van der Waals surface area contributed by atoms with Gasteiger partial charge in [-0.3, -0.25) is 0 Å². The Kier molecular flexibility index (Phi) is 5.87. The van der Waals surface area contributed by atoms with Crippen LogP contribution in [0.5, 0.6) is 5.75 Å². The van der Waals surface area contributed by atoms with Crippen molar-refractivity contribution in [3.8, 4) is 5.75 Å². The van der Waals surface area contributed by atoms with Gasteiger partial charge in [0.25, 0.3) is 0 Å². The number of hydrogen-bond acceptors (Lipinski definition) is 3. The summed E-state index contributed by atoms with van der Waals surface area (Å²) in [7, 11) is 0. The van der Waals surface area contributed by atoms with Gasteiger partial charge < -0.3 is 15.2 Å². The lowest BCUT2D eigenvalue weighted by atomic mass is 10.1. The Hall–Kier alpha value is -0.770. The van der Waals surface area contributed by atoms with Crippen LogP contribution in [0.4, 0.5) is 0 Å². The Morgan fingerprint density at radius 3 is 2.35 bits per heavy atom. The molecule has 0 spiro atoms. The maximum atomic E-state index is 9.63. The number of rotatable bonds is 6. The molecular formula is C16H26ClNO2. The van der Waals surface area contributed by atoms with Gasteiger partial charge in [0.15, 0.2) is 0 Å². The van der Waals surface area contributed by atoms with E-state index in [2.05, 4.69) is 26.1 Å². The molecule has 1 aromatic rings. The van der Waals surface area contributed by atoms with Gasteiger partial charge in [-0.1, -0.05) is 17.7 Å².